The summed E-state index contributed by atoms with van der Waals surface area (Å²) in [6.07, 6.45) is -4.66. The third-order valence-corrected chi connectivity index (χ3v) is 5.13. The van der Waals surface area contributed by atoms with Crippen LogP contribution in [0.25, 0.3) is 0 Å². The molecular weight excluding hydrogens is 388 g/mol. The average molecular weight is 404 g/mol. The summed E-state index contributed by atoms with van der Waals surface area (Å²) in [7, 11) is -2.27. The number of alkyl halides is 3. The number of aryl methyl sites for hydroxylation is 1. The van der Waals surface area contributed by atoms with E-state index in [2.05, 4.69) is 10.0 Å². The average Bonchev–Trinajstić information content (AvgIpc) is 2.61. The molecule has 0 radical (unpaired) electrons. The van der Waals surface area contributed by atoms with Crippen LogP contribution >= 0.6 is 0 Å². The molecule has 2 rings (SSSR count). The molecule has 0 atom stereocenters. The number of carbonyl (C=O) groups excluding carboxylic acids is 1. The summed E-state index contributed by atoms with van der Waals surface area (Å²) in [6, 6.07) is 8.06. The lowest BCUT2D eigenvalue weighted by Gasteiger charge is -2.11. The van der Waals surface area contributed by atoms with Crippen LogP contribution in [-0.2, 0) is 27.4 Å². The van der Waals surface area contributed by atoms with Gasteiger partial charge >= 0.3 is 6.18 Å². The molecule has 0 aromatic heterocycles. The predicted octanol–water partition coefficient (Wildman–Crippen LogP) is 3.32. The summed E-state index contributed by atoms with van der Waals surface area (Å²) in [5, 5.41) is 2.29. The van der Waals surface area contributed by atoms with E-state index in [0.717, 1.165) is 6.07 Å². The Kier molecular flexibility index (Phi) is 6.22. The Morgan fingerprint density at radius 3 is 2.26 bits per heavy atom. The minimum absolute atomic E-state index is 0.0448. The lowest BCUT2D eigenvalue weighted by Crippen LogP contribution is -2.18. The maximum atomic E-state index is 13.2. The number of amides is 1. The van der Waals surface area contributed by atoms with Crippen molar-refractivity contribution in [3.8, 4) is 0 Å². The summed E-state index contributed by atoms with van der Waals surface area (Å²) in [6.45, 7) is 0. The van der Waals surface area contributed by atoms with E-state index in [-0.39, 0.29) is 23.4 Å². The fraction of sp³-hybridized carbons (Fsp3) is 0.235. The van der Waals surface area contributed by atoms with Crippen molar-refractivity contribution in [1.29, 1.82) is 0 Å². The normalized spacial score (nSPS) is 12.0. The van der Waals surface area contributed by atoms with E-state index >= 15 is 0 Å². The van der Waals surface area contributed by atoms with E-state index in [1.54, 1.807) is 0 Å². The van der Waals surface area contributed by atoms with Crippen LogP contribution < -0.4 is 10.0 Å². The van der Waals surface area contributed by atoms with Gasteiger partial charge in [0.05, 0.1) is 10.5 Å². The molecule has 10 heteroatoms. The monoisotopic (exact) mass is 404 g/mol. The second-order valence-electron chi connectivity index (χ2n) is 5.59. The third-order valence-electron chi connectivity index (χ3n) is 3.70. The van der Waals surface area contributed by atoms with Gasteiger partial charge in [0.25, 0.3) is 0 Å². The SMILES string of the molecule is CNS(=O)(=O)c1ccc(CCC(=O)Nc2ccc(F)c(C(F)(F)F)c2)cc1. The van der Waals surface area contributed by atoms with E-state index in [9.17, 15) is 30.8 Å². The second kappa shape index (κ2) is 8.05. The number of hydrogen-bond donors (Lipinski definition) is 2. The Morgan fingerprint density at radius 1 is 1.07 bits per heavy atom. The minimum Gasteiger partial charge on any atom is -0.326 e. The molecule has 0 aliphatic rings. The first kappa shape index (κ1) is 20.8. The zero-order chi connectivity index (χ0) is 20.2. The highest BCUT2D eigenvalue weighted by Crippen LogP contribution is 2.33. The van der Waals surface area contributed by atoms with Gasteiger partial charge in [-0.25, -0.2) is 17.5 Å². The Bertz CT molecular complexity index is 926. The van der Waals surface area contributed by atoms with Crippen LogP contribution in [0.4, 0.5) is 23.2 Å². The van der Waals surface area contributed by atoms with Crippen LogP contribution in [0, 0.1) is 5.82 Å². The molecule has 2 aromatic carbocycles. The first-order chi connectivity index (χ1) is 12.5. The van der Waals surface area contributed by atoms with Gasteiger partial charge in [-0.15, -0.1) is 0 Å². The standard InChI is InChI=1S/C17H16F4N2O3S/c1-22-27(25,26)13-6-2-11(3-7-13)4-9-16(24)23-12-5-8-15(18)14(10-12)17(19,20)21/h2-3,5-8,10,22H,4,9H2,1H3,(H,23,24). The van der Waals surface area contributed by atoms with Crippen LogP contribution in [0.1, 0.15) is 17.5 Å². The molecule has 2 N–H and O–H groups in total. The summed E-state index contributed by atoms with van der Waals surface area (Å²) in [5.41, 5.74) is -0.943. The highest BCUT2D eigenvalue weighted by atomic mass is 32.2. The van der Waals surface area contributed by atoms with Crippen molar-refractivity contribution in [2.45, 2.75) is 23.9 Å². The number of halogens is 4. The number of rotatable bonds is 6. The van der Waals surface area contributed by atoms with Gasteiger partial charge in [-0.05, 0) is 49.4 Å². The largest absolute Gasteiger partial charge is 0.419 e. The fourth-order valence-corrected chi connectivity index (χ4v) is 2.98. The molecule has 0 heterocycles. The molecule has 0 bridgehead atoms. The zero-order valence-electron chi connectivity index (χ0n) is 14.1. The maximum absolute atomic E-state index is 13.2. The van der Waals surface area contributed by atoms with Gasteiger partial charge in [0.15, 0.2) is 0 Å². The summed E-state index contributed by atoms with van der Waals surface area (Å²) in [5.74, 6) is -1.97. The number of sulfonamides is 1. The van der Waals surface area contributed by atoms with Gasteiger partial charge in [0.1, 0.15) is 5.82 Å². The molecule has 5 nitrogen and oxygen atoms in total. The van der Waals surface area contributed by atoms with E-state index in [1.165, 1.54) is 31.3 Å². The Balaban J connectivity index is 1.99. The highest BCUT2D eigenvalue weighted by Gasteiger charge is 2.34. The molecule has 27 heavy (non-hydrogen) atoms. The molecule has 0 unspecified atom stereocenters. The van der Waals surface area contributed by atoms with Crippen molar-refractivity contribution in [3.05, 3.63) is 59.4 Å². The van der Waals surface area contributed by atoms with Crippen molar-refractivity contribution in [2.24, 2.45) is 0 Å². The number of nitrogens with one attached hydrogen (secondary N) is 2. The fourth-order valence-electron chi connectivity index (χ4n) is 2.25. The second-order valence-corrected chi connectivity index (χ2v) is 7.48. The van der Waals surface area contributed by atoms with Gasteiger partial charge in [-0.3, -0.25) is 4.79 Å². The molecule has 146 valence electrons. The van der Waals surface area contributed by atoms with Crippen LogP contribution in [0.15, 0.2) is 47.4 Å². The van der Waals surface area contributed by atoms with Gasteiger partial charge in [-0.1, -0.05) is 12.1 Å². The van der Waals surface area contributed by atoms with Gasteiger partial charge in [0.2, 0.25) is 15.9 Å². The summed E-state index contributed by atoms with van der Waals surface area (Å²) < 4.78 is 76.7. The first-order valence-corrected chi connectivity index (χ1v) is 9.20. The molecule has 0 aliphatic heterocycles. The number of anilines is 1. The number of hydrogen-bond acceptors (Lipinski definition) is 3. The van der Waals surface area contributed by atoms with Crippen molar-refractivity contribution >= 4 is 21.6 Å². The molecular formula is C17H16F4N2O3S. The summed E-state index contributed by atoms with van der Waals surface area (Å²) >= 11 is 0. The number of carbonyl (C=O) groups is 1. The van der Waals surface area contributed by atoms with Gasteiger partial charge in [0, 0.05) is 12.1 Å². The van der Waals surface area contributed by atoms with Crippen molar-refractivity contribution < 1.29 is 30.8 Å². The maximum Gasteiger partial charge on any atom is 0.419 e. The van der Waals surface area contributed by atoms with E-state index in [4.69, 9.17) is 0 Å². The first-order valence-electron chi connectivity index (χ1n) is 7.72. The van der Waals surface area contributed by atoms with Crippen LogP contribution in [-0.4, -0.2) is 21.4 Å². The smallest absolute Gasteiger partial charge is 0.326 e. The molecule has 0 saturated carbocycles. The quantitative estimate of drug-likeness (QED) is 0.726. The Labute approximate surface area is 153 Å². The third kappa shape index (κ3) is 5.51. The van der Waals surface area contributed by atoms with Crippen molar-refractivity contribution in [1.82, 2.24) is 4.72 Å². The number of benzene rings is 2. The van der Waals surface area contributed by atoms with E-state index in [0.29, 0.717) is 17.7 Å². The molecule has 0 spiro atoms. The summed E-state index contributed by atoms with van der Waals surface area (Å²) in [4.78, 5) is 12.0. The highest BCUT2D eigenvalue weighted by molar-refractivity contribution is 7.89. The van der Waals surface area contributed by atoms with E-state index < -0.39 is 33.5 Å². The molecule has 0 aliphatic carbocycles. The Morgan fingerprint density at radius 2 is 1.70 bits per heavy atom. The molecule has 2 aromatic rings. The minimum atomic E-state index is -4.86. The predicted molar refractivity (Wildman–Crippen MR) is 91.0 cm³/mol. The van der Waals surface area contributed by atoms with Crippen molar-refractivity contribution in [3.63, 3.8) is 0 Å². The van der Waals surface area contributed by atoms with Gasteiger partial charge in [-0.2, -0.15) is 13.2 Å². The zero-order valence-corrected chi connectivity index (χ0v) is 14.9. The lowest BCUT2D eigenvalue weighted by molar-refractivity contribution is -0.140. The molecule has 1 amide bonds. The van der Waals surface area contributed by atoms with Crippen molar-refractivity contribution in [2.75, 3.05) is 12.4 Å². The van der Waals surface area contributed by atoms with Gasteiger partial charge < -0.3 is 5.32 Å². The molecule has 0 fully saturated rings. The van der Waals surface area contributed by atoms with E-state index in [1.807, 2.05) is 0 Å². The lowest BCUT2D eigenvalue weighted by atomic mass is 10.1. The topological polar surface area (TPSA) is 75.3 Å². The van der Waals surface area contributed by atoms with Crippen LogP contribution in [0.3, 0.4) is 0 Å². The van der Waals surface area contributed by atoms with Crippen LogP contribution in [0.5, 0.6) is 0 Å². The Hall–Kier alpha value is -2.46. The molecule has 0 saturated heterocycles. The van der Waals surface area contributed by atoms with Crippen LogP contribution in [0.2, 0.25) is 0 Å².